The van der Waals surface area contributed by atoms with Crippen molar-refractivity contribution in [1.82, 2.24) is 5.32 Å². The van der Waals surface area contributed by atoms with Crippen molar-refractivity contribution in [1.29, 1.82) is 0 Å². The molecule has 0 heterocycles. The van der Waals surface area contributed by atoms with Gasteiger partial charge in [-0.3, -0.25) is 0 Å². The average molecular weight is 247 g/mol. The molecule has 0 bridgehead atoms. The van der Waals surface area contributed by atoms with Crippen LogP contribution in [0, 0.1) is 12.3 Å². The smallest absolute Gasteiger partial charge is 0.0545 e. The van der Waals surface area contributed by atoms with E-state index in [0.29, 0.717) is 0 Å². The second kappa shape index (κ2) is 10.3. The summed E-state index contributed by atoms with van der Waals surface area (Å²) in [6, 6.07) is 10.7. The molecule has 0 unspecified atom stereocenters. The highest BCUT2D eigenvalue weighted by molar-refractivity contribution is 7.99. The Balaban J connectivity index is 1.87. The minimum atomic E-state index is 0.829. The van der Waals surface area contributed by atoms with Crippen molar-refractivity contribution in [3.63, 3.8) is 0 Å². The Labute approximate surface area is 109 Å². The van der Waals surface area contributed by atoms with Crippen molar-refractivity contribution < 1.29 is 0 Å². The summed E-state index contributed by atoms with van der Waals surface area (Å²) in [5.41, 5.74) is 1.44. The third-order valence-corrected chi connectivity index (χ3v) is 3.38. The van der Waals surface area contributed by atoms with E-state index < -0.39 is 0 Å². The predicted octanol–water partition coefficient (Wildman–Crippen LogP) is 2.97. The van der Waals surface area contributed by atoms with E-state index in [9.17, 15) is 0 Å². The molecule has 0 radical (unpaired) electrons. The van der Waals surface area contributed by atoms with Gasteiger partial charge >= 0.3 is 0 Å². The molecule has 0 aliphatic rings. The number of aryl methyl sites for hydroxylation is 1. The van der Waals surface area contributed by atoms with Crippen LogP contribution in [0.15, 0.2) is 30.3 Å². The Hall–Kier alpha value is -0.910. The molecule has 0 spiro atoms. The summed E-state index contributed by atoms with van der Waals surface area (Å²) < 4.78 is 0. The summed E-state index contributed by atoms with van der Waals surface area (Å²) in [4.78, 5) is 0. The lowest BCUT2D eigenvalue weighted by atomic mass is 10.1. The van der Waals surface area contributed by atoms with Gasteiger partial charge in [-0.1, -0.05) is 36.3 Å². The van der Waals surface area contributed by atoms with Gasteiger partial charge in [0.15, 0.2) is 0 Å². The fraction of sp³-hybridized carbons (Fsp3) is 0.467. The molecule has 1 nitrogen and oxygen atoms in total. The standard InChI is InChI=1S/C15H21NS/c1-2-13-17-14-12-16-11-7-6-10-15-8-4-3-5-9-15/h1,3-5,8-9,16H,6-7,10-14H2. The van der Waals surface area contributed by atoms with Crippen LogP contribution in [0.4, 0.5) is 0 Å². The van der Waals surface area contributed by atoms with E-state index in [0.717, 1.165) is 24.6 Å². The maximum atomic E-state index is 5.17. The second-order valence-corrected chi connectivity index (χ2v) is 5.05. The van der Waals surface area contributed by atoms with Gasteiger partial charge in [-0.15, -0.1) is 18.2 Å². The highest BCUT2D eigenvalue weighted by atomic mass is 32.2. The molecule has 0 amide bonds. The van der Waals surface area contributed by atoms with Crippen molar-refractivity contribution in [2.24, 2.45) is 0 Å². The number of benzene rings is 1. The van der Waals surface area contributed by atoms with Gasteiger partial charge in [-0.25, -0.2) is 0 Å². The van der Waals surface area contributed by atoms with Crippen LogP contribution in [-0.2, 0) is 6.42 Å². The molecule has 0 aliphatic carbocycles. The summed E-state index contributed by atoms with van der Waals surface area (Å²) in [5, 5.41) is 3.44. The monoisotopic (exact) mass is 247 g/mol. The molecule has 1 rings (SSSR count). The summed E-state index contributed by atoms with van der Waals surface area (Å²) in [5.74, 6) is 4.58. The zero-order valence-corrected chi connectivity index (χ0v) is 11.1. The minimum absolute atomic E-state index is 0.829. The number of terminal acetylenes is 1. The van der Waals surface area contributed by atoms with Crippen LogP contribution in [-0.4, -0.2) is 24.6 Å². The third-order valence-electron chi connectivity index (χ3n) is 2.52. The molecule has 0 atom stereocenters. The Morgan fingerprint density at radius 1 is 1.12 bits per heavy atom. The summed E-state index contributed by atoms with van der Waals surface area (Å²) in [7, 11) is 0. The van der Waals surface area contributed by atoms with Crippen molar-refractivity contribution in [2.75, 3.05) is 24.6 Å². The zero-order valence-electron chi connectivity index (χ0n) is 10.3. The van der Waals surface area contributed by atoms with Gasteiger partial charge in [0.25, 0.3) is 0 Å². The maximum Gasteiger partial charge on any atom is 0.0545 e. The SMILES string of the molecule is C#CCSCCNCCCCc1ccccc1. The van der Waals surface area contributed by atoms with E-state index in [1.54, 1.807) is 0 Å². The van der Waals surface area contributed by atoms with Crippen molar-refractivity contribution >= 4 is 11.8 Å². The quantitative estimate of drug-likeness (QED) is 0.532. The van der Waals surface area contributed by atoms with E-state index >= 15 is 0 Å². The highest BCUT2D eigenvalue weighted by Crippen LogP contribution is 2.03. The first-order valence-electron chi connectivity index (χ1n) is 6.19. The van der Waals surface area contributed by atoms with Crippen molar-refractivity contribution in [3.8, 4) is 12.3 Å². The van der Waals surface area contributed by atoms with Crippen LogP contribution in [0.5, 0.6) is 0 Å². The molecule has 1 aromatic rings. The number of unbranched alkanes of at least 4 members (excludes halogenated alkanes) is 1. The molecule has 0 saturated heterocycles. The fourth-order valence-corrected chi connectivity index (χ4v) is 2.18. The Bertz CT molecular complexity index is 315. The fourth-order valence-electron chi connectivity index (χ4n) is 1.62. The summed E-state index contributed by atoms with van der Waals surface area (Å²) in [6.45, 7) is 2.18. The largest absolute Gasteiger partial charge is 0.316 e. The molecule has 92 valence electrons. The van der Waals surface area contributed by atoms with E-state index in [2.05, 4.69) is 41.6 Å². The molecular weight excluding hydrogens is 226 g/mol. The zero-order chi connectivity index (χ0) is 12.2. The number of nitrogens with one attached hydrogen (secondary N) is 1. The number of thioether (sulfide) groups is 1. The molecule has 17 heavy (non-hydrogen) atoms. The minimum Gasteiger partial charge on any atom is -0.316 e. The van der Waals surface area contributed by atoms with Gasteiger partial charge in [0.1, 0.15) is 0 Å². The van der Waals surface area contributed by atoms with Gasteiger partial charge in [-0.2, -0.15) is 0 Å². The van der Waals surface area contributed by atoms with Crippen LogP contribution < -0.4 is 5.32 Å². The molecule has 1 N–H and O–H groups in total. The molecule has 1 aromatic carbocycles. The number of rotatable bonds is 9. The molecular formula is C15H21NS. The Morgan fingerprint density at radius 2 is 1.94 bits per heavy atom. The second-order valence-electron chi connectivity index (χ2n) is 3.95. The predicted molar refractivity (Wildman–Crippen MR) is 78.4 cm³/mol. The van der Waals surface area contributed by atoms with E-state index in [1.165, 1.54) is 24.8 Å². The summed E-state index contributed by atoms with van der Waals surface area (Å²) in [6.07, 6.45) is 8.87. The van der Waals surface area contributed by atoms with E-state index in [-0.39, 0.29) is 0 Å². The molecule has 2 heteroatoms. The van der Waals surface area contributed by atoms with Gasteiger partial charge in [0.2, 0.25) is 0 Å². The molecule has 0 aliphatic heterocycles. The molecule has 0 saturated carbocycles. The van der Waals surface area contributed by atoms with Crippen LogP contribution in [0.1, 0.15) is 18.4 Å². The lowest BCUT2D eigenvalue weighted by Crippen LogP contribution is -2.18. The topological polar surface area (TPSA) is 12.0 Å². The lowest BCUT2D eigenvalue weighted by molar-refractivity contribution is 0.643. The first-order valence-corrected chi connectivity index (χ1v) is 7.35. The molecule has 0 fully saturated rings. The first kappa shape index (κ1) is 14.2. The Kier molecular flexibility index (Phi) is 8.54. The van der Waals surface area contributed by atoms with Gasteiger partial charge in [-0.05, 0) is 31.4 Å². The van der Waals surface area contributed by atoms with E-state index in [4.69, 9.17) is 6.42 Å². The van der Waals surface area contributed by atoms with E-state index in [1.807, 2.05) is 11.8 Å². The van der Waals surface area contributed by atoms with Crippen LogP contribution >= 0.6 is 11.8 Å². The van der Waals surface area contributed by atoms with Gasteiger partial charge in [0, 0.05) is 12.3 Å². The van der Waals surface area contributed by atoms with Crippen LogP contribution in [0.2, 0.25) is 0 Å². The molecule has 0 aromatic heterocycles. The van der Waals surface area contributed by atoms with Crippen LogP contribution in [0.25, 0.3) is 0 Å². The van der Waals surface area contributed by atoms with Crippen molar-refractivity contribution in [3.05, 3.63) is 35.9 Å². The summed E-state index contributed by atoms with van der Waals surface area (Å²) >= 11 is 1.82. The Morgan fingerprint density at radius 3 is 2.71 bits per heavy atom. The number of hydrogen-bond acceptors (Lipinski definition) is 2. The van der Waals surface area contributed by atoms with Crippen molar-refractivity contribution in [2.45, 2.75) is 19.3 Å². The lowest BCUT2D eigenvalue weighted by Gasteiger charge is -2.04. The van der Waals surface area contributed by atoms with Gasteiger partial charge < -0.3 is 5.32 Å². The van der Waals surface area contributed by atoms with Crippen LogP contribution in [0.3, 0.4) is 0 Å². The maximum absolute atomic E-state index is 5.17. The normalized spacial score (nSPS) is 10.1. The third kappa shape index (κ3) is 7.90. The highest BCUT2D eigenvalue weighted by Gasteiger charge is 1.92. The van der Waals surface area contributed by atoms with Gasteiger partial charge in [0.05, 0.1) is 5.75 Å². The average Bonchev–Trinajstić information content (AvgIpc) is 2.38. The first-order chi connectivity index (χ1) is 8.43. The number of hydrogen-bond donors (Lipinski definition) is 1.